The maximum absolute atomic E-state index is 5.62. The standard InChI is InChI=1S/C16H26O3/c1-3-4-13-19-16-9-7-15(8-10-16)14-18-12-6-5-11-17-2/h7-10H,3-6,11-14H2,1-2H3. The van der Waals surface area contributed by atoms with Crippen molar-refractivity contribution in [3.63, 3.8) is 0 Å². The number of hydrogen-bond donors (Lipinski definition) is 0. The summed E-state index contributed by atoms with van der Waals surface area (Å²) in [6.07, 6.45) is 4.37. The first-order valence-corrected chi connectivity index (χ1v) is 7.15. The van der Waals surface area contributed by atoms with E-state index in [9.17, 15) is 0 Å². The highest BCUT2D eigenvalue weighted by molar-refractivity contribution is 5.26. The Hall–Kier alpha value is -1.06. The van der Waals surface area contributed by atoms with Crippen molar-refractivity contribution >= 4 is 0 Å². The Kier molecular flexibility index (Phi) is 9.11. The van der Waals surface area contributed by atoms with Crippen molar-refractivity contribution in [2.75, 3.05) is 26.9 Å². The number of methoxy groups -OCH3 is 1. The van der Waals surface area contributed by atoms with E-state index in [1.807, 2.05) is 12.1 Å². The molecule has 0 bridgehead atoms. The lowest BCUT2D eigenvalue weighted by Crippen LogP contribution is -1.99. The molecule has 0 aliphatic rings. The third kappa shape index (κ3) is 7.85. The minimum atomic E-state index is 0.669. The molecule has 0 amide bonds. The average Bonchev–Trinajstić information content (AvgIpc) is 2.44. The van der Waals surface area contributed by atoms with Gasteiger partial charge in [-0.3, -0.25) is 0 Å². The van der Waals surface area contributed by atoms with Crippen LogP contribution in [-0.4, -0.2) is 26.9 Å². The highest BCUT2D eigenvalue weighted by Gasteiger charge is 1.96. The first-order valence-electron chi connectivity index (χ1n) is 7.15. The number of benzene rings is 1. The predicted molar refractivity (Wildman–Crippen MR) is 77.6 cm³/mol. The molecule has 1 aromatic rings. The van der Waals surface area contributed by atoms with E-state index in [1.165, 1.54) is 5.56 Å². The van der Waals surface area contributed by atoms with Crippen LogP contribution in [0.5, 0.6) is 5.75 Å². The third-order valence-electron chi connectivity index (χ3n) is 2.85. The molecule has 0 aliphatic carbocycles. The van der Waals surface area contributed by atoms with Crippen LogP contribution >= 0.6 is 0 Å². The van der Waals surface area contributed by atoms with Crippen molar-refractivity contribution in [2.24, 2.45) is 0 Å². The summed E-state index contributed by atoms with van der Waals surface area (Å²) in [6.45, 7) is 5.23. The fourth-order valence-electron chi connectivity index (χ4n) is 1.66. The highest BCUT2D eigenvalue weighted by Crippen LogP contribution is 2.13. The Balaban J connectivity index is 2.13. The van der Waals surface area contributed by atoms with Crippen molar-refractivity contribution < 1.29 is 14.2 Å². The van der Waals surface area contributed by atoms with Crippen molar-refractivity contribution in [1.29, 1.82) is 0 Å². The van der Waals surface area contributed by atoms with Gasteiger partial charge in [0.2, 0.25) is 0 Å². The Bertz CT molecular complexity index is 308. The summed E-state index contributed by atoms with van der Waals surface area (Å²) in [5, 5.41) is 0. The van der Waals surface area contributed by atoms with Crippen LogP contribution in [-0.2, 0) is 16.1 Å². The zero-order chi connectivity index (χ0) is 13.8. The zero-order valence-electron chi connectivity index (χ0n) is 12.2. The molecule has 19 heavy (non-hydrogen) atoms. The molecule has 0 saturated heterocycles. The van der Waals surface area contributed by atoms with Gasteiger partial charge >= 0.3 is 0 Å². The van der Waals surface area contributed by atoms with E-state index in [-0.39, 0.29) is 0 Å². The summed E-state index contributed by atoms with van der Waals surface area (Å²) < 4.78 is 16.2. The minimum absolute atomic E-state index is 0.669. The molecule has 3 heteroatoms. The van der Waals surface area contributed by atoms with Crippen LogP contribution in [0.2, 0.25) is 0 Å². The maximum Gasteiger partial charge on any atom is 0.119 e. The predicted octanol–water partition coefficient (Wildman–Crippen LogP) is 3.81. The summed E-state index contributed by atoms with van der Waals surface area (Å²) in [7, 11) is 1.73. The topological polar surface area (TPSA) is 27.7 Å². The SMILES string of the molecule is CCCCOc1ccc(COCCCCOC)cc1. The number of rotatable bonds is 11. The van der Waals surface area contributed by atoms with Crippen LogP contribution in [0.3, 0.4) is 0 Å². The summed E-state index contributed by atoms with van der Waals surface area (Å²) in [5.74, 6) is 0.942. The molecule has 1 rings (SSSR count). The molecule has 0 radical (unpaired) electrons. The van der Waals surface area contributed by atoms with E-state index in [1.54, 1.807) is 7.11 Å². The van der Waals surface area contributed by atoms with Crippen LogP contribution in [0.1, 0.15) is 38.2 Å². The summed E-state index contributed by atoms with van der Waals surface area (Å²) in [5.41, 5.74) is 1.19. The van der Waals surface area contributed by atoms with Crippen LogP contribution < -0.4 is 4.74 Å². The van der Waals surface area contributed by atoms with Gasteiger partial charge in [0.15, 0.2) is 0 Å². The number of ether oxygens (including phenoxy) is 3. The van der Waals surface area contributed by atoms with E-state index >= 15 is 0 Å². The lowest BCUT2D eigenvalue weighted by atomic mass is 10.2. The molecule has 0 fully saturated rings. The number of unbranched alkanes of at least 4 members (excludes halogenated alkanes) is 2. The first-order chi connectivity index (χ1) is 9.36. The van der Waals surface area contributed by atoms with Gasteiger partial charge in [-0.2, -0.15) is 0 Å². The lowest BCUT2D eigenvalue weighted by Gasteiger charge is -2.07. The van der Waals surface area contributed by atoms with Crippen LogP contribution in [0.4, 0.5) is 0 Å². The van der Waals surface area contributed by atoms with Gasteiger partial charge in [-0.25, -0.2) is 0 Å². The minimum Gasteiger partial charge on any atom is -0.494 e. The van der Waals surface area contributed by atoms with Gasteiger partial charge < -0.3 is 14.2 Å². The van der Waals surface area contributed by atoms with Crippen LogP contribution in [0, 0.1) is 0 Å². The Labute approximate surface area is 116 Å². The van der Waals surface area contributed by atoms with Crippen molar-refractivity contribution in [3.8, 4) is 5.75 Å². The van der Waals surface area contributed by atoms with E-state index in [4.69, 9.17) is 14.2 Å². The first kappa shape index (κ1) is 16.0. The van der Waals surface area contributed by atoms with E-state index < -0.39 is 0 Å². The molecular formula is C16H26O3. The molecule has 0 spiro atoms. The van der Waals surface area contributed by atoms with Gasteiger partial charge in [-0.05, 0) is 37.0 Å². The van der Waals surface area contributed by atoms with Gasteiger partial charge in [0.1, 0.15) is 5.75 Å². The Morgan fingerprint density at radius 3 is 2.32 bits per heavy atom. The van der Waals surface area contributed by atoms with Gasteiger partial charge in [-0.1, -0.05) is 25.5 Å². The molecule has 0 unspecified atom stereocenters. The van der Waals surface area contributed by atoms with E-state index in [2.05, 4.69) is 19.1 Å². The molecule has 0 heterocycles. The Morgan fingerprint density at radius 1 is 0.895 bits per heavy atom. The monoisotopic (exact) mass is 266 g/mol. The molecule has 0 N–H and O–H groups in total. The van der Waals surface area contributed by atoms with Gasteiger partial charge in [0.25, 0.3) is 0 Å². The maximum atomic E-state index is 5.62. The van der Waals surface area contributed by atoms with Gasteiger partial charge in [0, 0.05) is 20.3 Å². The summed E-state index contributed by atoms with van der Waals surface area (Å²) >= 11 is 0. The summed E-state index contributed by atoms with van der Waals surface area (Å²) in [6, 6.07) is 8.16. The Morgan fingerprint density at radius 2 is 1.63 bits per heavy atom. The molecule has 108 valence electrons. The fourth-order valence-corrected chi connectivity index (χ4v) is 1.66. The quantitative estimate of drug-likeness (QED) is 0.570. The van der Waals surface area contributed by atoms with Crippen LogP contribution in [0.25, 0.3) is 0 Å². The molecule has 0 aromatic heterocycles. The fraction of sp³-hybridized carbons (Fsp3) is 0.625. The molecule has 0 aliphatic heterocycles. The molecule has 0 saturated carbocycles. The second-order valence-electron chi connectivity index (χ2n) is 4.60. The molecule has 3 nitrogen and oxygen atoms in total. The normalized spacial score (nSPS) is 10.6. The summed E-state index contributed by atoms with van der Waals surface area (Å²) in [4.78, 5) is 0. The second-order valence-corrected chi connectivity index (χ2v) is 4.60. The van der Waals surface area contributed by atoms with Crippen LogP contribution in [0.15, 0.2) is 24.3 Å². The third-order valence-corrected chi connectivity index (χ3v) is 2.85. The van der Waals surface area contributed by atoms with E-state index in [0.717, 1.165) is 51.3 Å². The van der Waals surface area contributed by atoms with Crippen molar-refractivity contribution in [1.82, 2.24) is 0 Å². The average molecular weight is 266 g/mol. The van der Waals surface area contributed by atoms with E-state index in [0.29, 0.717) is 6.61 Å². The largest absolute Gasteiger partial charge is 0.494 e. The zero-order valence-corrected chi connectivity index (χ0v) is 12.2. The molecule has 1 aromatic carbocycles. The molecular weight excluding hydrogens is 240 g/mol. The van der Waals surface area contributed by atoms with Gasteiger partial charge in [0.05, 0.1) is 13.2 Å². The smallest absolute Gasteiger partial charge is 0.119 e. The van der Waals surface area contributed by atoms with Crippen molar-refractivity contribution in [2.45, 2.75) is 39.2 Å². The highest BCUT2D eigenvalue weighted by atomic mass is 16.5. The molecule has 0 atom stereocenters. The number of hydrogen-bond acceptors (Lipinski definition) is 3. The van der Waals surface area contributed by atoms with Crippen molar-refractivity contribution in [3.05, 3.63) is 29.8 Å². The lowest BCUT2D eigenvalue weighted by molar-refractivity contribution is 0.108. The van der Waals surface area contributed by atoms with Gasteiger partial charge in [-0.15, -0.1) is 0 Å². The second kappa shape index (κ2) is 10.8.